The van der Waals surface area contributed by atoms with Crippen molar-refractivity contribution in [2.24, 2.45) is 0 Å². The van der Waals surface area contributed by atoms with Crippen molar-refractivity contribution in [3.8, 4) is 6.07 Å². The minimum absolute atomic E-state index is 0.0129. The summed E-state index contributed by atoms with van der Waals surface area (Å²) in [5.41, 5.74) is 0.689. The van der Waals surface area contributed by atoms with Crippen LogP contribution in [-0.2, 0) is 4.79 Å². The number of anilines is 1. The summed E-state index contributed by atoms with van der Waals surface area (Å²) in [5, 5.41) is 13.5. The zero-order chi connectivity index (χ0) is 12.0. The molecule has 0 atom stereocenters. The molecule has 0 heterocycles. The highest BCUT2D eigenvalue weighted by atomic mass is 127. The lowest BCUT2D eigenvalue weighted by molar-refractivity contribution is -0.119. The van der Waals surface area contributed by atoms with Crippen LogP contribution in [0.2, 0.25) is 0 Å². The van der Waals surface area contributed by atoms with Crippen LogP contribution in [0, 0.1) is 20.7 Å². The normalized spacial score (nSPS) is 9.31. The number of nitriles is 1. The Morgan fingerprint density at radius 2 is 2.31 bits per heavy atom. The zero-order valence-electron chi connectivity index (χ0n) is 8.26. The van der Waals surface area contributed by atoms with Gasteiger partial charge in [-0.25, -0.2) is 4.39 Å². The van der Waals surface area contributed by atoms with Gasteiger partial charge in [-0.05, 0) is 40.8 Å². The van der Waals surface area contributed by atoms with Crippen molar-refractivity contribution < 1.29 is 9.18 Å². The molecule has 0 unspecified atom stereocenters. The molecule has 1 amide bonds. The topological polar surface area (TPSA) is 64.9 Å². The lowest BCUT2D eigenvalue weighted by atomic mass is 10.3. The second-order valence-electron chi connectivity index (χ2n) is 2.91. The summed E-state index contributed by atoms with van der Waals surface area (Å²) in [6.07, 6.45) is 0. The second-order valence-corrected chi connectivity index (χ2v) is 4.07. The first-order chi connectivity index (χ1) is 7.63. The van der Waals surface area contributed by atoms with E-state index in [0.717, 1.165) is 0 Å². The van der Waals surface area contributed by atoms with E-state index in [9.17, 15) is 9.18 Å². The molecule has 0 bridgehead atoms. The molecule has 0 aliphatic carbocycles. The van der Waals surface area contributed by atoms with Crippen molar-refractivity contribution in [1.29, 1.82) is 5.26 Å². The maximum atomic E-state index is 12.8. The molecular formula is C10H9FIN3O. The first kappa shape index (κ1) is 12.7. The van der Waals surface area contributed by atoms with Gasteiger partial charge in [-0.1, -0.05) is 0 Å². The molecule has 16 heavy (non-hydrogen) atoms. The fourth-order valence-corrected chi connectivity index (χ4v) is 1.68. The summed E-state index contributed by atoms with van der Waals surface area (Å²) in [6, 6.07) is 6.06. The molecule has 1 aromatic rings. The number of carbonyl (C=O) groups is 1. The van der Waals surface area contributed by atoms with E-state index in [0.29, 0.717) is 9.26 Å². The highest BCUT2D eigenvalue weighted by molar-refractivity contribution is 14.1. The Morgan fingerprint density at radius 1 is 1.56 bits per heavy atom. The van der Waals surface area contributed by atoms with Crippen molar-refractivity contribution in [1.82, 2.24) is 5.32 Å². The lowest BCUT2D eigenvalue weighted by Crippen LogP contribution is -2.30. The monoisotopic (exact) mass is 333 g/mol. The summed E-state index contributed by atoms with van der Waals surface area (Å²) in [4.78, 5) is 11.2. The largest absolute Gasteiger partial charge is 0.375 e. The zero-order valence-corrected chi connectivity index (χ0v) is 10.4. The van der Waals surface area contributed by atoms with Gasteiger partial charge in [-0.2, -0.15) is 5.26 Å². The minimum atomic E-state index is -0.316. The van der Waals surface area contributed by atoms with E-state index in [-0.39, 0.29) is 24.8 Å². The summed E-state index contributed by atoms with van der Waals surface area (Å²) < 4.78 is 13.5. The minimum Gasteiger partial charge on any atom is -0.375 e. The number of hydrogen-bond donors (Lipinski definition) is 2. The molecule has 84 valence electrons. The fourth-order valence-electron chi connectivity index (χ4n) is 1.01. The van der Waals surface area contributed by atoms with Gasteiger partial charge in [0.1, 0.15) is 12.4 Å². The molecule has 0 saturated carbocycles. The summed E-state index contributed by atoms with van der Waals surface area (Å²) in [7, 11) is 0. The lowest BCUT2D eigenvalue weighted by Gasteiger charge is -2.07. The smallest absolute Gasteiger partial charge is 0.240 e. The molecule has 1 aromatic carbocycles. The van der Waals surface area contributed by atoms with Gasteiger partial charge >= 0.3 is 0 Å². The summed E-state index contributed by atoms with van der Waals surface area (Å²) >= 11 is 1.97. The van der Waals surface area contributed by atoms with Gasteiger partial charge < -0.3 is 10.6 Å². The van der Waals surface area contributed by atoms with E-state index in [1.54, 1.807) is 12.1 Å². The molecule has 0 aliphatic heterocycles. The molecular weight excluding hydrogens is 324 g/mol. The van der Waals surface area contributed by atoms with Gasteiger partial charge in [0.05, 0.1) is 12.6 Å². The quantitative estimate of drug-likeness (QED) is 0.648. The van der Waals surface area contributed by atoms with Crippen molar-refractivity contribution >= 4 is 34.2 Å². The van der Waals surface area contributed by atoms with E-state index in [4.69, 9.17) is 5.26 Å². The number of carbonyl (C=O) groups excluding carboxylic acids is 1. The van der Waals surface area contributed by atoms with E-state index < -0.39 is 0 Å². The van der Waals surface area contributed by atoms with Crippen molar-refractivity contribution in [3.05, 3.63) is 27.6 Å². The third-order valence-electron chi connectivity index (χ3n) is 1.74. The number of nitrogens with one attached hydrogen (secondary N) is 2. The number of amides is 1. The highest BCUT2D eigenvalue weighted by Gasteiger charge is 2.03. The van der Waals surface area contributed by atoms with Crippen molar-refractivity contribution in [3.63, 3.8) is 0 Å². The first-order valence-electron chi connectivity index (χ1n) is 4.46. The van der Waals surface area contributed by atoms with Gasteiger partial charge in [0.25, 0.3) is 0 Å². The van der Waals surface area contributed by atoms with Gasteiger partial charge in [-0.15, -0.1) is 0 Å². The van der Waals surface area contributed by atoms with E-state index in [2.05, 4.69) is 10.6 Å². The third-order valence-corrected chi connectivity index (χ3v) is 2.63. The molecule has 4 nitrogen and oxygen atoms in total. The van der Waals surface area contributed by atoms with Crippen molar-refractivity contribution in [2.45, 2.75) is 0 Å². The molecule has 6 heteroatoms. The Bertz CT molecular complexity index is 431. The van der Waals surface area contributed by atoms with Crippen LogP contribution in [0.25, 0.3) is 0 Å². The standard InChI is InChI=1S/C10H9FIN3O/c11-7-1-2-9(8(12)5-7)15-6-10(16)14-4-3-13/h1-2,5,15H,4,6H2,(H,14,16). The van der Waals surface area contributed by atoms with Crippen LogP contribution >= 0.6 is 22.6 Å². The molecule has 0 radical (unpaired) electrons. The van der Waals surface area contributed by atoms with Crippen LogP contribution in [0.4, 0.5) is 10.1 Å². The Hall–Kier alpha value is -1.36. The number of halogens is 2. The van der Waals surface area contributed by atoms with Crippen LogP contribution in [0.15, 0.2) is 18.2 Å². The third kappa shape index (κ3) is 4.02. The number of nitrogens with zero attached hydrogens (tertiary/aromatic N) is 1. The Morgan fingerprint density at radius 3 is 2.94 bits per heavy atom. The van der Waals surface area contributed by atoms with Gasteiger partial charge in [0, 0.05) is 9.26 Å². The van der Waals surface area contributed by atoms with Crippen LogP contribution in [-0.4, -0.2) is 19.0 Å². The van der Waals surface area contributed by atoms with Gasteiger partial charge in [0.15, 0.2) is 0 Å². The van der Waals surface area contributed by atoms with Crippen LogP contribution in [0.3, 0.4) is 0 Å². The predicted octanol–water partition coefficient (Wildman–Crippen LogP) is 1.48. The average molecular weight is 333 g/mol. The van der Waals surface area contributed by atoms with Crippen molar-refractivity contribution in [2.75, 3.05) is 18.4 Å². The maximum Gasteiger partial charge on any atom is 0.240 e. The molecule has 0 spiro atoms. The van der Waals surface area contributed by atoms with Gasteiger partial charge in [-0.3, -0.25) is 4.79 Å². The Labute approximate surface area is 106 Å². The Balaban J connectivity index is 2.49. The van der Waals surface area contributed by atoms with Crippen LogP contribution < -0.4 is 10.6 Å². The SMILES string of the molecule is N#CCNC(=O)CNc1ccc(F)cc1I. The van der Waals surface area contributed by atoms with E-state index in [1.165, 1.54) is 12.1 Å². The molecule has 0 saturated heterocycles. The highest BCUT2D eigenvalue weighted by Crippen LogP contribution is 2.18. The average Bonchev–Trinajstić information content (AvgIpc) is 2.25. The Kier molecular flexibility index (Phi) is 4.98. The number of rotatable bonds is 4. The second kappa shape index (κ2) is 6.27. The number of benzene rings is 1. The maximum absolute atomic E-state index is 12.8. The summed E-state index contributed by atoms with van der Waals surface area (Å²) in [6.45, 7) is 0.0460. The molecule has 2 N–H and O–H groups in total. The van der Waals surface area contributed by atoms with E-state index >= 15 is 0 Å². The predicted molar refractivity (Wildman–Crippen MR) is 66.2 cm³/mol. The van der Waals surface area contributed by atoms with E-state index in [1.807, 2.05) is 22.6 Å². The van der Waals surface area contributed by atoms with Gasteiger partial charge in [0.2, 0.25) is 5.91 Å². The number of hydrogen-bond acceptors (Lipinski definition) is 3. The molecule has 0 aliphatic rings. The first-order valence-corrected chi connectivity index (χ1v) is 5.54. The molecule has 0 aromatic heterocycles. The van der Waals surface area contributed by atoms with Crippen LogP contribution in [0.5, 0.6) is 0 Å². The fraction of sp³-hybridized carbons (Fsp3) is 0.200. The molecule has 0 fully saturated rings. The molecule has 1 rings (SSSR count). The van der Waals surface area contributed by atoms with Crippen LogP contribution in [0.1, 0.15) is 0 Å². The summed E-state index contributed by atoms with van der Waals surface area (Å²) in [5.74, 6) is -0.592.